The quantitative estimate of drug-likeness (QED) is 0.338. The zero-order valence-corrected chi connectivity index (χ0v) is 18.2. The van der Waals surface area contributed by atoms with E-state index < -0.39 is 11.7 Å². The first kappa shape index (κ1) is 25.0. The number of alkyl halides is 3. The van der Waals surface area contributed by atoms with Crippen LogP contribution < -0.4 is 5.73 Å². The van der Waals surface area contributed by atoms with Crippen LogP contribution >= 0.6 is 24.0 Å². The number of hydrogen-bond donors (Lipinski definition) is 1. The molecule has 0 bridgehead atoms. The van der Waals surface area contributed by atoms with Crippen LogP contribution in [-0.2, 0) is 6.18 Å². The SMILES string of the molecule is CCN(CC)C(N)=NCC(c1ccc(C(F)(F)F)cc1)N(CC)CC.I. The summed E-state index contributed by atoms with van der Waals surface area (Å²) in [7, 11) is 0. The predicted molar refractivity (Wildman–Crippen MR) is 112 cm³/mol. The van der Waals surface area contributed by atoms with Gasteiger partial charge in [-0.15, -0.1) is 24.0 Å². The fourth-order valence-electron chi connectivity index (χ4n) is 2.82. The zero-order chi connectivity index (χ0) is 19.0. The minimum atomic E-state index is -4.32. The van der Waals surface area contributed by atoms with Crippen molar-refractivity contribution in [3.05, 3.63) is 35.4 Å². The lowest BCUT2D eigenvalue weighted by atomic mass is 10.0. The molecule has 1 rings (SSSR count). The molecule has 0 fully saturated rings. The van der Waals surface area contributed by atoms with Gasteiger partial charge in [0.15, 0.2) is 5.96 Å². The molecule has 0 spiro atoms. The van der Waals surface area contributed by atoms with Crippen molar-refractivity contribution in [2.24, 2.45) is 10.7 Å². The molecule has 150 valence electrons. The van der Waals surface area contributed by atoms with Crippen LogP contribution in [0.5, 0.6) is 0 Å². The summed E-state index contributed by atoms with van der Waals surface area (Å²) in [5.74, 6) is 0.467. The number of rotatable bonds is 8. The van der Waals surface area contributed by atoms with Gasteiger partial charge in [0.05, 0.1) is 18.2 Å². The van der Waals surface area contributed by atoms with Crippen molar-refractivity contribution in [1.82, 2.24) is 9.80 Å². The molecule has 0 aliphatic rings. The van der Waals surface area contributed by atoms with Gasteiger partial charge >= 0.3 is 6.18 Å². The fourth-order valence-corrected chi connectivity index (χ4v) is 2.82. The predicted octanol–water partition coefficient (Wildman–Crippen LogP) is 4.36. The van der Waals surface area contributed by atoms with Gasteiger partial charge in [-0.25, -0.2) is 0 Å². The lowest BCUT2D eigenvalue weighted by molar-refractivity contribution is -0.137. The van der Waals surface area contributed by atoms with Crippen molar-refractivity contribution >= 4 is 29.9 Å². The Hall–Kier alpha value is -1.03. The van der Waals surface area contributed by atoms with E-state index in [4.69, 9.17) is 5.73 Å². The van der Waals surface area contributed by atoms with Gasteiger partial charge < -0.3 is 10.6 Å². The first-order valence-electron chi connectivity index (χ1n) is 8.74. The van der Waals surface area contributed by atoms with Crippen LogP contribution in [0, 0.1) is 0 Å². The second kappa shape index (κ2) is 11.6. The third-order valence-corrected chi connectivity index (χ3v) is 4.39. The summed E-state index contributed by atoms with van der Waals surface area (Å²) >= 11 is 0. The van der Waals surface area contributed by atoms with Crippen LogP contribution in [-0.4, -0.2) is 48.5 Å². The van der Waals surface area contributed by atoms with E-state index in [9.17, 15) is 13.2 Å². The topological polar surface area (TPSA) is 44.9 Å². The third kappa shape index (κ3) is 6.94. The van der Waals surface area contributed by atoms with Gasteiger partial charge in [0.1, 0.15) is 0 Å². The second-order valence-corrected chi connectivity index (χ2v) is 5.73. The Morgan fingerprint density at radius 3 is 1.88 bits per heavy atom. The summed E-state index contributed by atoms with van der Waals surface area (Å²) in [6.45, 7) is 11.6. The molecule has 0 aromatic heterocycles. The maximum atomic E-state index is 12.8. The van der Waals surface area contributed by atoms with Gasteiger partial charge in [0.2, 0.25) is 0 Å². The molecule has 4 nitrogen and oxygen atoms in total. The molecular weight excluding hydrogens is 456 g/mol. The fraction of sp³-hybridized carbons (Fsp3) is 0.611. The van der Waals surface area contributed by atoms with E-state index >= 15 is 0 Å². The Morgan fingerprint density at radius 1 is 1.00 bits per heavy atom. The Morgan fingerprint density at radius 2 is 1.50 bits per heavy atom. The molecule has 1 aromatic carbocycles. The van der Waals surface area contributed by atoms with Gasteiger partial charge in [0.25, 0.3) is 0 Å². The number of hydrogen-bond acceptors (Lipinski definition) is 2. The van der Waals surface area contributed by atoms with Gasteiger partial charge in [-0.2, -0.15) is 13.2 Å². The molecule has 0 saturated carbocycles. The molecule has 0 heterocycles. The van der Waals surface area contributed by atoms with Crippen LogP contribution in [0.15, 0.2) is 29.3 Å². The highest BCUT2D eigenvalue weighted by Crippen LogP contribution is 2.31. The van der Waals surface area contributed by atoms with E-state index in [-0.39, 0.29) is 30.0 Å². The number of benzene rings is 1. The van der Waals surface area contributed by atoms with Crippen LogP contribution in [0.2, 0.25) is 0 Å². The number of nitrogens with two attached hydrogens (primary N) is 1. The summed E-state index contributed by atoms with van der Waals surface area (Å²) in [5.41, 5.74) is 6.21. The summed E-state index contributed by atoms with van der Waals surface area (Å²) in [5, 5.41) is 0. The first-order valence-corrected chi connectivity index (χ1v) is 8.74. The van der Waals surface area contributed by atoms with Gasteiger partial charge in [-0.05, 0) is 44.6 Å². The molecule has 0 radical (unpaired) electrons. The highest BCUT2D eigenvalue weighted by molar-refractivity contribution is 14.0. The van der Waals surface area contributed by atoms with Crippen LogP contribution in [0.25, 0.3) is 0 Å². The standard InChI is InChI=1S/C18H29F3N4.HI/c1-5-24(6-2)16(13-23-17(22)25(7-3)8-4)14-9-11-15(12-10-14)18(19,20)21;/h9-12,16H,5-8,13H2,1-4H3,(H2,22,23);1H. The molecule has 2 N–H and O–H groups in total. The van der Waals surface area contributed by atoms with Crippen molar-refractivity contribution in [2.45, 2.75) is 39.9 Å². The Kier molecular flexibility index (Phi) is 11.2. The summed E-state index contributed by atoms with van der Waals surface area (Å²) in [6, 6.07) is 5.22. The average Bonchev–Trinajstić information content (AvgIpc) is 2.59. The summed E-state index contributed by atoms with van der Waals surface area (Å²) in [4.78, 5) is 8.61. The zero-order valence-electron chi connectivity index (χ0n) is 15.9. The summed E-state index contributed by atoms with van der Waals surface area (Å²) in [6.07, 6.45) is -4.32. The number of likely N-dealkylation sites (N-methyl/N-ethyl adjacent to an activating group) is 1. The smallest absolute Gasteiger partial charge is 0.370 e. The molecule has 0 saturated heterocycles. The minimum absolute atomic E-state index is 0. The number of aliphatic imine (C=N–C) groups is 1. The van der Waals surface area contributed by atoms with Crippen molar-refractivity contribution in [1.29, 1.82) is 0 Å². The van der Waals surface area contributed by atoms with Crippen LogP contribution in [0.4, 0.5) is 13.2 Å². The lowest BCUT2D eigenvalue weighted by Crippen LogP contribution is -2.38. The molecule has 8 heteroatoms. The van der Waals surface area contributed by atoms with Crippen molar-refractivity contribution in [3.63, 3.8) is 0 Å². The van der Waals surface area contributed by atoms with E-state index in [1.54, 1.807) is 0 Å². The number of guanidine groups is 1. The molecule has 0 amide bonds. The normalized spacial score (nSPS) is 13.5. The highest BCUT2D eigenvalue weighted by Gasteiger charge is 2.30. The van der Waals surface area contributed by atoms with Crippen LogP contribution in [0.1, 0.15) is 44.9 Å². The molecule has 0 aliphatic heterocycles. The molecule has 0 aliphatic carbocycles. The van der Waals surface area contributed by atoms with Gasteiger partial charge in [-0.1, -0.05) is 26.0 Å². The minimum Gasteiger partial charge on any atom is -0.370 e. The summed E-state index contributed by atoms with van der Waals surface area (Å²) < 4.78 is 38.3. The molecule has 1 unspecified atom stereocenters. The highest BCUT2D eigenvalue weighted by atomic mass is 127. The lowest BCUT2D eigenvalue weighted by Gasteiger charge is -2.29. The maximum Gasteiger partial charge on any atom is 0.416 e. The molecule has 1 aromatic rings. The Bertz CT molecular complexity index is 538. The van der Waals surface area contributed by atoms with Crippen molar-refractivity contribution < 1.29 is 13.2 Å². The van der Waals surface area contributed by atoms with Crippen molar-refractivity contribution in [2.75, 3.05) is 32.7 Å². The Balaban J connectivity index is 0.00000625. The largest absolute Gasteiger partial charge is 0.416 e. The van der Waals surface area contributed by atoms with Crippen molar-refractivity contribution in [3.8, 4) is 0 Å². The maximum absolute atomic E-state index is 12.8. The molecular formula is C18H30F3IN4. The van der Waals surface area contributed by atoms with E-state index in [0.717, 1.165) is 43.9 Å². The van der Waals surface area contributed by atoms with E-state index in [1.807, 2.05) is 32.6 Å². The van der Waals surface area contributed by atoms with Gasteiger partial charge in [-0.3, -0.25) is 9.89 Å². The molecule has 1 atom stereocenters. The third-order valence-electron chi connectivity index (χ3n) is 4.39. The second-order valence-electron chi connectivity index (χ2n) is 5.73. The average molecular weight is 486 g/mol. The number of nitrogens with zero attached hydrogens (tertiary/aromatic N) is 3. The van der Waals surface area contributed by atoms with Gasteiger partial charge in [0, 0.05) is 13.1 Å². The monoisotopic (exact) mass is 486 g/mol. The Labute approximate surface area is 171 Å². The number of halogens is 4. The first-order chi connectivity index (χ1) is 11.8. The van der Waals surface area contributed by atoms with E-state index in [2.05, 4.69) is 9.89 Å². The molecule has 26 heavy (non-hydrogen) atoms. The van der Waals surface area contributed by atoms with E-state index in [0.29, 0.717) is 12.5 Å². The van der Waals surface area contributed by atoms with E-state index in [1.165, 1.54) is 12.1 Å². The van der Waals surface area contributed by atoms with Crippen LogP contribution in [0.3, 0.4) is 0 Å².